The molecule has 0 N–H and O–H groups in total. The van der Waals surface area contributed by atoms with Crippen LogP contribution in [0, 0.1) is 10.8 Å². The molecule has 3 aliphatic rings. The first kappa shape index (κ1) is 23.2. The monoisotopic (exact) mass is 418 g/mol. The van der Waals surface area contributed by atoms with Gasteiger partial charge in [-0.3, -0.25) is 4.79 Å². The molecular formula is C25H42N2O3. The molecule has 2 saturated heterocycles. The number of methoxy groups -OCH3 is 2. The van der Waals surface area contributed by atoms with Gasteiger partial charge in [0.15, 0.2) is 0 Å². The van der Waals surface area contributed by atoms with Gasteiger partial charge in [-0.1, -0.05) is 33.1 Å². The van der Waals surface area contributed by atoms with E-state index in [-0.39, 0.29) is 11.3 Å². The molecule has 0 aromatic carbocycles. The summed E-state index contributed by atoms with van der Waals surface area (Å²) in [4.78, 5) is 18.1. The lowest BCUT2D eigenvalue weighted by Crippen LogP contribution is -2.40. The van der Waals surface area contributed by atoms with Gasteiger partial charge in [0.05, 0.1) is 25.0 Å². The zero-order valence-corrected chi connectivity index (χ0v) is 19.7. The van der Waals surface area contributed by atoms with E-state index in [4.69, 9.17) is 9.47 Å². The molecule has 0 bridgehead atoms. The summed E-state index contributed by atoms with van der Waals surface area (Å²) in [6.45, 7) is 9.60. The van der Waals surface area contributed by atoms with Gasteiger partial charge in [0.2, 0.25) is 5.91 Å². The molecule has 1 amide bonds. The number of piperidine rings is 1. The minimum Gasteiger partial charge on any atom is -0.500 e. The van der Waals surface area contributed by atoms with E-state index in [0.29, 0.717) is 0 Å². The van der Waals surface area contributed by atoms with Crippen molar-refractivity contribution in [2.45, 2.75) is 71.6 Å². The van der Waals surface area contributed by atoms with E-state index >= 15 is 0 Å². The first-order valence-corrected chi connectivity index (χ1v) is 12.1. The predicted octanol–water partition coefficient (Wildman–Crippen LogP) is 4.74. The van der Waals surface area contributed by atoms with Crippen molar-refractivity contribution < 1.29 is 14.3 Å². The Balaban J connectivity index is 1.74. The van der Waals surface area contributed by atoms with Crippen LogP contribution in [0.1, 0.15) is 71.6 Å². The highest BCUT2D eigenvalue weighted by molar-refractivity contribution is 5.89. The van der Waals surface area contributed by atoms with E-state index < -0.39 is 5.41 Å². The number of hydrogen-bond acceptors (Lipinski definition) is 4. The summed E-state index contributed by atoms with van der Waals surface area (Å²) in [5.74, 6) is 2.06. The molecular weight excluding hydrogens is 376 g/mol. The normalized spacial score (nSPS) is 23.5. The fourth-order valence-electron chi connectivity index (χ4n) is 5.86. The van der Waals surface area contributed by atoms with E-state index in [0.717, 1.165) is 69.7 Å². The highest BCUT2D eigenvalue weighted by atomic mass is 16.5. The zero-order chi connectivity index (χ0) is 21.6. The van der Waals surface area contributed by atoms with Crippen LogP contribution in [0.5, 0.6) is 0 Å². The van der Waals surface area contributed by atoms with Crippen molar-refractivity contribution in [2.24, 2.45) is 10.8 Å². The van der Waals surface area contributed by atoms with Crippen LogP contribution in [-0.4, -0.2) is 62.7 Å². The number of amides is 1. The van der Waals surface area contributed by atoms with Crippen molar-refractivity contribution in [3.63, 3.8) is 0 Å². The van der Waals surface area contributed by atoms with Crippen molar-refractivity contribution in [1.82, 2.24) is 9.80 Å². The lowest BCUT2D eigenvalue weighted by Gasteiger charge is -2.41. The van der Waals surface area contributed by atoms with E-state index in [1.165, 1.54) is 32.4 Å². The molecule has 0 atom stereocenters. The summed E-state index contributed by atoms with van der Waals surface area (Å²) in [5.41, 5.74) is -0.840. The van der Waals surface area contributed by atoms with Crippen LogP contribution in [-0.2, 0) is 14.3 Å². The Kier molecular flexibility index (Phi) is 7.89. The lowest BCUT2D eigenvalue weighted by atomic mass is 9.67. The molecule has 2 aliphatic heterocycles. The zero-order valence-electron chi connectivity index (χ0n) is 19.7. The van der Waals surface area contributed by atoms with Gasteiger partial charge < -0.3 is 19.3 Å². The Morgan fingerprint density at radius 3 is 2.03 bits per heavy atom. The molecule has 3 rings (SSSR count). The van der Waals surface area contributed by atoms with Gasteiger partial charge in [-0.05, 0) is 70.3 Å². The fourth-order valence-corrected chi connectivity index (χ4v) is 5.86. The quantitative estimate of drug-likeness (QED) is 0.514. The minimum absolute atomic E-state index is 0.215. The van der Waals surface area contributed by atoms with Crippen LogP contribution in [0.15, 0.2) is 23.7 Å². The van der Waals surface area contributed by atoms with E-state index in [9.17, 15) is 4.79 Å². The molecule has 1 aliphatic carbocycles. The van der Waals surface area contributed by atoms with Crippen LogP contribution in [0.3, 0.4) is 0 Å². The summed E-state index contributed by atoms with van der Waals surface area (Å²) in [5, 5.41) is 0. The van der Waals surface area contributed by atoms with Gasteiger partial charge in [0, 0.05) is 13.1 Å². The van der Waals surface area contributed by atoms with Gasteiger partial charge in [-0.25, -0.2) is 0 Å². The first-order valence-electron chi connectivity index (χ1n) is 12.1. The number of ether oxygens (including phenoxy) is 2. The first-order chi connectivity index (χ1) is 14.5. The standard InChI is InChI=1S/C25H42N2O3/c1-5-11-25(12-6-2)21(29-3)19-24(20-22(25)30-4)13-18-27(23(24)28)17-10-16-26-14-8-7-9-15-26/h19-20H,5-18H2,1-4H3. The molecule has 0 aromatic rings. The Morgan fingerprint density at radius 1 is 0.900 bits per heavy atom. The van der Waals surface area contributed by atoms with Crippen molar-refractivity contribution in [1.29, 1.82) is 0 Å². The van der Waals surface area contributed by atoms with Gasteiger partial charge in [0.1, 0.15) is 11.5 Å². The molecule has 5 heteroatoms. The Hall–Kier alpha value is -1.49. The molecule has 0 aromatic heterocycles. The van der Waals surface area contributed by atoms with E-state index in [2.05, 4.69) is 35.8 Å². The molecule has 2 heterocycles. The number of nitrogens with zero attached hydrogens (tertiary/aromatic N) is 2. The molecule has 2 fully saturated rings. The van der Waals surface area contributed by atoms with Crippen LogP contribution in [0.25, 0.3) is 0 Å². The lowest BCUT2D eigenvalue weighted by molar-refractivity contribution is -0.132. The average molecular weight is 419 g/mol. The van der Waals surface area contributed by atoms with Gasteiger partial charge in [-0.2, -0.15) is 0 Å². The van der Waals surface area contributed by atoms with Gasteiger partial charge >= 0.3 is 0 Å². The summed E-state index contributed by atoms with van der Waals surface area (Å²) in [6.07, 6.45) is 14.2. The van der Waals surface area contributed by atoms with Crippen molar-refractivity contribution in [3.05, 3.63) is 23.7 Å². The number of rotatable bonds is 10. The van der Waals surface area contributed by atoms with Crippen molar-refractivity contribution in [3.8, 4) is 0 Å². The summed E-state index contributed by atoms with van der Waals surface area (Å²) >= 11 is 0. The third-order valence-electron chi connectivity index (χ3n) is 7.35. The maximum Gasteiger partial charge on any atom is 0.236 e. The van der Waals surface area contributed by atoms with Crippen molar-refractivity contribution >= 4 is 5.91 Å². The third-order valence-corrected chi connectivity index (χ3v) is 7.35. The summed E-state index contributed by atoms with van der Waals surface area (Å²) < 4.78 is 11.9. The smallest absolute Gasteiger partial charge is 0.236 e. The summed E-state index contributed by atoms with van der Waals surface area (Å²) in [7, 11) is 3.49. The maximum atomic E-state index is 13.5. The number of likely N-dealkylation sites (tertiary alicyclic amines) is 2. The molecule has 30 heavy (non-hydrogen) atoms. The molecule has 0 unspecified atom stereocenters. The number of carbonyl (C=O) groups is 1. The highest BCUT2D eigenvalue weighted by Crippen LogP contribution is 2.53. The SMILES string of the molecule is CCCC1(CCC)C(OC)=CC2(C=C1OC)CCN(CCCN1CCCCC1)C2=O. The number of carbonyl (C=O) groups excluding carboxylic acids is 1. The second-order valence-electron chi connectivity index (χ2n) is 9.35. The summed E-state index contributed by atoms with van der Waals surface area (Å²) in [6, 6.07) is 0. The molecule has 0 saturated carbocycles. The molecule has 1 spiro atoms. The largest absolute Gasteiger partial charge is 0.500 e. The van der Waals surface area contributed by atoms with E-state index in [1.54, 1.807) is 14.2 Å². The van der Waals surface area contributed by atoms with Crippen LogP contribution in [0.2, 0.25) is 0 Å². The number of hydrogen-bond donors (Lipinski definition) is 0. The van der Waals surface area contributed by atoms with Gasteiger partial charge in [-0.15, -0.1) is 0 Å². The predicted molar refractivity (Wildman–Crippen MR) is 121 cm³/mol. The van der Waals surface area contributed by atoms with Crippen LogP contribution >= 0.6 is 0 Å². The van der Waals surface area contributed by atoms with Crippen LogP contribution in [0.4, 0.5) is 0 Å². The Morgan fingerprint density at radius 2 is 1.50 bits per heavy atom. The van der Waals surface area contributed by atoms with Gasteiger partial charge in [0.25, 0.3) is 0 Å². The Bertz CT molecular complexity index is 619. The maximum absolute atomic E-state index is 13.5. The second-order valence-corrected chi connectivity index (χ2v) is 9.35. The molecule has 0 radical (unpaired) electrons. The fraction of sp³-hybridized carbons (Fsp3) is 0.800. The average Bonchev–Trinajstić information content (AvgIpc) is 3.06. The molecule has 5 nitrogen and oxygen atoms in total. The molecule has 170 valence electrons. The highest BCUT2D eigenvalue weighted by Gasteiger charge is 2.52. The second kappa shape index (κ2) is 10.2. The minimum atomic E-state index is -0.604. The van der Waals surface area contributed by atoms with Crippen molar-refractivity contribution in [2.75, 3.05) is 46.9 Å². The van der Waals surface area contributed by atoms with E-state index in [1.807, 2.05) is 0 Å². The van der Waals surface area contributed by atoms with Crippen LogP contribution < -0.4 is 0 Å². The Labute approximate surface area is 183 Å². The topological polar surface area (TPSA) is 42.0 Å². The third kappa shape index (κ3) is 4.42.